The molecule has 4 nitrogen and oxygen atoms in total. The van der Waals surface area contributed by atoms with Crippen LogP contribution in [0.1, 0.15) is 26.2 Å². The Morgan fingerprint density at radius 2 is 1.85 bits per heavy atom. The molecule has 0 aromatic heterocycles. The summed E-state index contributed by atoms with van der Waals surface area (Å²) in [6.07, 6.45) is -4.08. The van der Waals surface area contributed by atoms with E-state index in [2.05, 4.69) is 0 Å². The van der Waals surface area contributed by atoms with Crippen molar-refractivity contribution in [2.75, 3.05) is 26.2 Å². The van der Waals surface area contributed by atoms with Gasteiger partial charge in [0.15, 0.2) is 0 Å². The third-order valence-electron chi connectivity index (χ3n) is 3.35. The molecule has 1 aliphatic heterocycles. The van der Waals surface area contributed by atoms with Crippen molar-refractivity contribution in [1.29, 1.82) is 0 Å². The monoisotopic (exact) mass is 311 g/mol. The smallest absolute Gasteiger partial charge is 0.392 e. The zero-order valence-corrected chi connectivity index (χ0v) is 12.3. The first-order valence-electron chi connectivity index (χ1n) is 6.62. The summed E-state index contributed by atoms with van der Waals surface area (Å²) < 4.78 is 36.5. The first-order chi connectivity index (χ1) is 9.24. The molecule has 1 unspecified atom stereocenters. The van der Waals surface area contributed by atoms with Crippen LogP contribution in [0.25, 0.3) is 0 Å². The van der Waals surface area contributed by atoms with E-state index >= 15 is 0 Å². The maximum atomic E-state index is 12.2. The molecule has 0 spiro atoms. The summed E-state index contributed by atoms with van der Waals surface area (Å²) in [5.74, 6) is -0.862. The average Bonchev–Trinajstić information content (AvgIpc) is 2.33. The molecular formula is C12H20F3N3OS. The molecule has 0 saturated carbocycles. The Kier molecular flexibility index (Phi) is 6.19. The number of hydrogen-bond donors (Lipinski definition) is 1. The molecule has 20 heavy (non-hydrogen) atoms. The van der Waals surface area contributed by atoms with Gasteiger partial charge in [-0.3, -0.25) is 9.69 Å². The van der Waals surface area contributed by atoms with E-state index in [1.165, 1.54) is 4.90 Å². The Morgan fingerprint density at radius 1 is 1.30 bits per heavy atom. The average molecular weight is 311 g/mol. The number of nitrogens with zero attached hydrogens (tertiary/aromatic N) is 2. The van der Waals surface area contributed by atoms with Gasteiger partial charge in [-0.05, 0) is 6.42 Å². The van der Waals surface area contributed by atoms with Crippen LogP contribution in [-0.2, 0) is 4.79 Å². The van der Waals surface area contributed by atoms with Gasteiger partial charge in [0, 0.05) is 26.2 Å². The van der Waals surface area contributed by atoms with Crippen LogP contribution in [0.5, 0.6) is 0 Å². The largest absolute Gasteiger partial charge is 0.397 e. The SMILES string of the molecule is CCCC(C(N)=S)N1CCN(C(=O)CC(F)(F)F)CC1. The topological polar surface area (TPSA) is 49.6 Å². The van der Waals surface area contributed by atoms with Crippen LogP contribution in [0.4, 0.5) is 13.2 Å². The molecule has 1 atom stereocenters. The van der Waals surface area contributed by atoms with Gasteiger partial charge >= 0.3 is 6.18 Å². The van der Waals surface area contributed by atoms with Gasteiger partial charge in [0.2, 0.25) is 5.91 Å². The molecule has 0 aromatic carbocycles. The second kappa shape index (κ2) is 7.21. The third kappa shape index (κ3) is 5.24. The Hall–Kier alpha value is -0.890. The second-order valence-corrected chi connectivity index (χ2v) is 5.39. The van der Waals surface area contributed by atoms with Gasteiger partial charge in [0.05, 0.1) is 11.0 Å². The summed E-state index contributed by atoms with van der Waals surface area (Å²) >= 11 is 5.02. The summed E-state index contributed by atoms with van der Waals surface area (Å²) in [7, 11) is 0. The van der Waals surface area contributed by atoms with Crippen LogP contribution < -0.4 is 5.73 Å². The zero-order chi connectivity index (χ0) is 15.3. The minimum absolute atomic E-state index is 0.0325. The predicted octanol–water partition coefficient (Wildman–Crippen LogP) is 1.54. The standard InChI is InChI=1S/C12H20F3N3OS/c1-2-3-9(11(16)20)17-4-6-18(7-5-17)10(19)8-12(13,14)15/h9H,2-8H2,1H3,(H2,16,20). The van der Waals surface area contributed by atoms with Gasteiger partial charge in [-0.25, -0.2) is 0 Å². The Bertz CT molecular complexity index is 354. The van der Waals surface area contributed by atoms with Crippen LogP contribution in [0.3, 0.4) is 0 Å². The molecule has 1 rings (SSSR count). The van der Waals surface area contributed by atoms with Crippen molar-refractivity contribution in [2.45, 2.75) is 38.4 Å². The molecule has 2 N–H and O–H groups in total. The minimum Gasteiger partial charge on any atom is -0.392 e. The highest BCUT2D eigenvalue weighted by Gasteiger charge is 2.35. The first-order valence-corrected chi connectivity index (χ1v) is 7.03. The van der Waals surface area contributed by atoms with Crippen molar-refractivity contribution in [3.05, 3.63) is 0 Å². The van der Waals surface area contributed by atoms with Crippen LogP contribution in [0.15, 0.2) is 0 Å². The number of amides is 1. The first kappa shape index (κ1) is 17.2. The molecule has 1 fully saturated rings. The lowest BCUT2D eigenvalue weighted by Gasteiger charge is -2.39. The van der Waals surface area contributed by atoms with Crippen molar-refractivity contribution < 1.29 is 18.0 Å². The zero-order valence-electron chi connectivity index (χ0n) is 11.4. The fourth-order valence-corrected chi connectivity index (χ4v) is 2.61. The highest BCUT2D eigenvalue weighted by Crippen LogP contribution is 2.21. The number of halogens is 3. The summed E-state index contributed by atoms with van der Waals surface area (Å²) in [6.45, 7) is 3.61. The number of rotatable bonds is 5. The number of thiocarbonyl (C=S) groups is 1. The van der Waals surface area contributed by atoms with Gasteiger partial charge in [0.1, 0.15) is 6.42 Å². The summed E-state index contributed by atoms with van der Waals surface area (Å²) in [4.78, 5) is 15.2. The fraction of sp³-hybridized carbons (Fsp3) is 0.833. The lowest BCUT2D eigenvalue weighted by molar-refractivity contribution is -0.162. The predicted molar refractivity (Wildman–Crippen MR) is 74.3 cm³/mol. The Balaban J connectivity index is 2.50. The van der Waals surface area contributed by atoms with Crippen molar-refractivity contribution in [3.63, 3.8) is 0 Å². The highest BCUT2D eigenvalue weighted by molar-refractivity contribution is 7.80. The number of carbonyl (C=O) groups is 1. The summed E-state index contributed by atoms with van der Waals surface area (Å²) in [5, 5.41) is 0. The second-order valence-electron chi connectivity index (χ2n) is 4.92. The van der Waals surface area contributed by atoms with Gasteiger partial charge in [-0.2, -0.15) is 13.2 Å². The van der Waals surface area contributed by atoms with E-state index in [1.807, 2.05) is 11.8 Å². The van der Waals surface area contributed by atoms with Crippen LogP contribution in [0.2, 0.25) is 0 Å². The molecule has 1 heterocycles. The van der Waals surface area contributed by atoms with Crippen LogP contribution in [-0.4, -0.2) is 59.1 Å². The molecule has 0 radical (unpaired) electrons. The highest BCUT2D eigenvalue weighted by atomic mass is 32.1. The van der Waals surface area contributed by atoms with E-state index < -0.39 is 18.5 Å². The van der Waals surface area contributed by atoms with Crippen molar-refractivity contribution in [1.82, 2.24) is 9.80 Å². The molecule has 0 aliphatic carbocycles. The van der Waals surface area contributed by atoms with E-state index in [9.17, 15) is 18.0 Å². The molecular weight excluding hydrogens is 291 g/mol. The maximum absolute atomic E-state index is 12.2. The summed E-state index contributed by atoms with van der Waals surface area (Å²) in [6, 6.07) is -0.0325. The van der Waals surface area contributed by atoms with Crippen LogP contribution in [0, 0.1) is 0 Å². The van der Waals surface area contributed by atoms with E-state index in [-0.39, 0.29) is 19.1 Å². The molecule has 8 heteroatoms. The third-order valence-corrected chi connectivity index (χ3v) is 3.62. The van der Waals surface area contributed by atoms with Gasteiger partial charge in [-0.15, -0.1) is 0 Å². The van der Waals surface area contributed by atoms with Crippen molar-refractivity contribution in [3.8, 4) is 0 Å². The number of alkyl halides is 3. The van der Waals surface area contributed by atoms with Gasteiger partial charge in [0.25, 0.3) is 0 Å². The summed E-state index contributed by atoms with van der Waals surface area (Å²) in [5.41, 5.74) is 5.69. The van der Waals surface area contributed by atoms with Crippen molar-refractivity contribution in [2.24, 2.45) is 5.73 Å². The van der Waals surface area contributed by atoms with E-state index in [4.69, 9.17) is 18.0 Å². The fourth-order valence-electron chi connectivity index (χ4n) is 2.34. The Morgan fingerprint density at radius 3 is 2.25 bits per heavy atom. The lowest BCUT2D eigenvalue weighted by Crippen LogP contribution is -2.55. The minimum atomic E-state index is -4.45. The van der Waals surface area contributed by atoms with Gasteiger partial charge < -0.3 is 10.6 Å². The molecule has 116 valence electrons. The number of nitrogens with two attached hydrogens (primary N) is 1. The van der Waals surface area contributed by atoms with E-state index in [0.29, 0.717) is 18.1 Å². The van der Waals surface area contributed by atoms with E-state index in [0.717, 1.165) is 12.8 Å². The molecule has 1 aliphatic rings. The molecule has 0 aromatic rings. The molecule has 0 bridgehead atoms. The van der Waals surface area contributed by atoms with Crippen molar-refractivity contribution >= 4 is 23.1 Å². The molecule has 1 saturated heterocycles. The maximum Gasteiger partial charge on any atom is 0.397 e. The quantitative estimate of drug-likeness (QED) is 0.783. The van der Waals surface area contributed by atoms with Crippen LogP contribution >= 0.6 is 12.2 Å². The number of carbonyl (C=O) groups excluding carboxylic acids is 1. The number of piperazine rings is 1. The molecule has 1 amide bonds. The van der Waals surface area contributed by atoms with Gasteiger partial charge in [-0.1, -0.05) is 25.6 Å². The Labute approximate surface area is 122 Å². The number of hydrogen-bond acceptors (Lipinski definition) is 3. The lowest BCUT2D eigenvalue weighted by atomic mass is 10.1. The normalized spacial score (nSPS) is 18.9. The van der Waals surface area contributed by atoms with E-state index in [1.54, 1.807) is 0 Å².